The number of hydrogen-bond donors (Lipinski definition) is 2. The molecule has 3 nitrogen and oxygen atoms in total. The number of benzene rings is 2. The lowest BCUT2D eigenvalue weighted by atomic mass is 10.1. The predicted molar refractivity (Wildman–Crippen MR) is 86.1 cm³/mol. The summed E-state index contributed by atoms with van der Waals surface area (Å²) in [6.45, 7) is 4.07. The van der Waals surface area contributed by atoms with Gasteiger partial charge in [0.25, 0.3) is 0 Å². The maximum Gasteiger partial charge on any atom is 0.234 e. The Bertz CT molecular complexity index is 673. The van der Waals surface area contributed by atoms with Gasteiger partial charge < -0.3 is 11.1 Å². The van der Waals surface area contributed by atoms with E-state index in [-0.39, 0.29) is 17.3 Å². The number of carbonyl (C=O) groups is 1. The van der Waals surface area contributed by atoms with Crippen molar-refractivity contribution in [3.63, 3.8) is 0 Å². The highest BCUT2D eigenvalue weighted by Gasteiger charge is 2.08. The Morgan fingerprint density at radius 3 is 2.67 bits per heavy atom. The predicted octanol–water partition coefficient (Wildman–Crippen LogP) is 3.76. The van der Waals surface area contributed by atoms with Gasteiger partial charge in [0.15, 0.2) is 0 Å². The van der Waals surface area contributed by atoms with E-state index in [1.54, 1.807) is 0 Å². The number of aryl methyl sites for hydroxylation is 2. The van der Waals surface area contributed by atoms with Gasteiger partial charge >= 0.3 is 0 Å². The van der Waals surface area contributed by atoms with Gasteiger partial charge in [-0.05, 0) is 55.3 Å². The standard InChI is InChI=1S/C16H17FN2OS/c1-10-3-5-13(7-11(10)2)21-9-16(20)19-15-8-12(18)4-6-14(15)17/h3-8H,9,18H2,1-2H3,(H,19,20). The first-order valence-corrected chi connectivity index (χ1v) is 7.49. The largest absolute Gasteiger partial charge is 0.399 e. The second kappa shape index (κ2) is 6.63. The molecular formula is C16H17FN2OS. The third-order valence-electron chi connectivity index (χ3n) is 3.11. The summed E-state index contributed by atoms with van der Waals surface area (Å²) in [4.78, 5) is 12.9. The van der Waals surface area contributed by atoms with Crippen molar-refractivity contribution < 1.29 is 9.18 Å². The number of nitrogens with one attached hydrogen (secondary N) is 1. The van der Waals surface area contributed by atoms with E-state index in [2.05, 4.69) is 5.32 Å². The van der Waals surface area contributed by atoms with E-state index in [0.29, 0.717) is 5.69 Å². The Morgan fingerprint density at radius 2 is 1.95 bits per heavy atom. The van der Waals surface area contributed by atoms with E-state index < -0.39 is 5.82 Å². The van der Waals surface area contributed by atoms with Crippen molar-refractivity contribution in [2.24, 2.45) is 0 Å². The van der Waals surface area contributed by atoms with Crippen molar-refractivity contribution >= 4 is 29.0 Å². The molecule has 2 rings (SSSR count). The number of hydrogen-bond acceptors (Lipinski definition) is 3. The molecule has 0 radical (unpaired) electrons. The van der Waals surface area contributed by atoms with Crippen molar-refractivity contribution in [3.8, 4) is 0 Å². The summed E-state index contributed by atoms with van der Waals surface area (Å²) in [5.41, 5.74) is 8.49. The van der Waals surface area contributed by atoms with E-state index in [4.69, 9.17) is 5.73 Å². The summed E-state index contributed by atoms with van der Waals surface area (Å²) < 4.78 is 13.5. The van der Waals surface area contributed by atoms with Crippen LogP contribution in [0.1, 0.15) is 11.1 Å². The normalized spacial score (nSPS) is 10.4. The van der Waals surface area contributed by atoms with E-state index in [9.17, 15) is 9.18 Å². The van der Waals surface area contributed by atoms with Crippen LogP contribution in [-0.4, -0.2) is 11.7 Å². The van der Waals surface area contributed by atoms with E-state index in [1.807, 2.05) is 32.0 Å². The number of carbonyl (C=O) groups excluding carboxylic acids is 1. The Labute approximate surface area is 127 Å². The van der Waals surface area contributed by atoms with Crippen LogP contribution in [-0.2, 0) is 4.79 Å². The van der Waals surface area contributed by atoms with Gasteiger partial charge in [0.2, 0.25) is 5.91 Å². The molecule has 0 fully saturated rings. The highest BCUT2D eigenvalue weighted by Crippen LogP contribution is 2.22. The van der Waals surface area contributed by atoms with Crippen LogP contribution in [0.25, 0.3) is 0 Å². The molecule has 0 bridgehead atoms. The molecule has 5 heteroatoms. The Hall–Kier alpha value is -2.01. The number of nitrogens with two attached hydrogens (primary N) is 1. The summed E-state index contributed by atoms with van der Waals surface area (Å²) in [5, 5.41) is 2.53. The first-order valence-electron chi connectivity index (χ1n) is 6.50. The van der Waals surface area contributed by atoms with Crippen LogP contribution in [0.5, 0.6) is 0 Å². The summed E-state index contributed by atoms with van der Waals surface area (Å²) >= 11 is 1.41. The van der Waals surface area contributed by atoms with Gasteiger partial charge in [-0.3, -0.25) is 4.79 Å². The summed E-state index contributed by atoms with van der Waals surface area (Å²) in [6.07, 6.45) is 0. The second-order valence-electron chi connectivity index (χ2n) is 4.82. The molecule has 0 aliphatic rings. The third-order valence-corrected chi connectivity index (χ3v) is 4.11. The van der Waals surface area contributed by atoms with Crippen molar-refractivity contribution in [1.29, 1.82) is 0 Å². The molecule has 0 spiro atoms. The molecule has 2 aromatic rings. The fourth-order valence-corrected chi connectivity index (χ4v) is 2.57. The number of rotatable bonds is 4. The van der Waals surface area contributed by atoms with Crippen LogP contribution in [0.15, 0.2) is 41.3 Å². The highest BCUT2D eigenvalue weighted by molar-refractivity contribution is 8.00. The van der Waals surface area contributed by atoms with Gasteiger partial charge in [0.1, 0.15) is 5.82 Å². The van der Waals surface area contributed by atoms with Crippen LogP contribution in [0.4, 0.5) is 15.8 Å². The molecule has 110 valence electrons. The minimum atomic E-state index is -0.492. The zero-order valence-electron chi connectivity index (χ0n) is 11.9. The van der Waals surface area contributed by atoms with E-state index in [0.717, 1.165) is 4.90 Å². The lowest BCUT2D eigenvalue weighted by Crippen LogP contribution is -2.15. The molecule has 0 unspecified atom stereocenters. The molecule has 0 saturated heterocycles. The number of halogens is 1. The maximum atomic E-state index is 13.5. The smallest absolute Gasteiger partial charge is 0.234 e. The van der Waals surface area contributed by atoms with Crippen LogP contribution in [0.3, 0.4) is 0 Å². The SMILES string of the molecule is Cc1ccc(SCC(=O)Nc2cc(N)ccc2F)cc1C. The number of nitrogen functional groups attached to an aromatic ring is 1. The lowest BCUT2D eigenvalue weighted by molar-refractivity contribution is -0.113. The number of thioether (sulfide) groups is 1. The van der Waals surface area contributed by atoms with Gasteiger partial charge in [-0.1, -0.05) is 6.07 Å². The third kappa shape index (κ3) is 4.23. The molecule has 0 heterocycles. The molecule has 0 aromatic heterocycles. The van der Waals surface area contributed by atoms with Crippen molar-refractivity contribution in [2.45, 2.75) is 18.7 Å². The van der Waals surface area contributed by atoms with Gasteiger partial charge in [0.05, 0.1) is 11.4 Å². The molecule has 0 aliphatic heterocycles. The van der Waals surface area contributed by atoms with E-state index >= 15 is 0 Å². The first-order chi connectivity index (χ1) is 9.95. The molecule has 21 heavy (non-hydrogen) atoms. The highest BCUT2D eigenvalue weighted by atomic mass is 32.2. The van der Waals surface area contributed by atoms with Gasteiger partial charge in [-0.25, -0.2) is 4.39 Å². The van der Waals surface area contributed by atoms with Crippen LogP contribution in [0, 0.1) is 19.7 Å². The average molecular weight is 304 g/mol. The zero-order valence-corrected chi connectivity index (χ0v) is 12.8. The molecular weight excluding hydrogens is 287 g/mol. The fraction of sp³-hybridized carbons (Fsp3) is 0.188. The average Bonchev–Trinajstić information content (AvgIpc) is 2.44. The van der Waals surface area contributed by atoms with Crippen molar-refractivity contribution in [1.82, 2.24) is 0 Å². The van der Waals surface area contributed by atoms with E-state index in [1.165, 1.54) is 41.1 Å². The molecule has 0 saturated carbocycles. The Morgan fingerprint density at radius 1 is 1.19 bits per heavy atom. The zero-order chi connectivity index (χ0) is 15.4. The Kier molecular flexibility index (Phi) is 4.85. The minimum Gasteiger partial charge on any atom is -0.399 e. The number of anilines is 2. The molecule has 3 N–H and O–H groups in total. The van der Waals surface area contributed by atoms with Crippen LogP contribution < -0.4 is 11.1 Å². The monoisotopic (exact) mass is 304 g/mol. The minimum absolute atomic E-state index is 0.112. The van der Waals surface area contributed by atoms with Gasteiger partial charge in [0, 0.05) is 10.6 Å². The summed E-state index contributed by atoms with van der Waals surface area (Å²) in [5.74, 6) is -0.534. The van der Waals surface area contributed by atoms with Crippen molar-refractivity contribution in [3.05, 3.63) is 53.3 Å². The van der Waals surface area contributed by atoms with Crippen LogP contribution in [0.2, 0.25) is 0 Å². The molecule has 0 atom stereocenters. The number of amides is 1. The lowest BCUT2D eigenvalue weighted by Gasteiger charge is -2.08. The second-order valence-corrected chi connectivity index (χ2v) is 5.87. The maximum absolute atomic E-state index is 13.5. The molecule has 0 aliphatic carbocycles. The van der Waals surface area contributed by atoms with Gasteiger partial charge in [-0.2, -0.15) is 0 Å². The first kappa shape index (κ1) is 15.4. The van der Waals surface area contributed by atoms with Crippen LogP contribution >= 0.6 is 11.8 Å². The fourth-order valence-electron chi connectivity index (χ4n) is 1.78. The van der Waals surface area contributed by atoms with Crippen molar-refractivity contribution in [2.75, 3.05) is 16.8 Å². The quantitative estimate of drug-likeness (QED) is 0.668. The molecule has 1 amide bonds. The summed E-state index contributed by atoms with van der Waals surface area (Å²) in [6, 6.07) is 10.1. The van der Waals surface area contributed by atoms with Gasteiger partial charge in [-0.15, -0.1) is 11.8 Å². The molecule has 2 aromatic carbocycles. The Balaban J connectivity index is 1.95. The summed E-state index contributed by atoms with van der Waals surface area (Å²) in [7, 11) is 0. The topological polar surface area (TPSA) is 55.1 Å².